The first-order valence-electron chi connectivity index (χ1n) is 5.45. The van der Waals surface area contributed by atoms with E-state index in [1.54, 1.807) is 7.05 Å². The van der Waals surface area contributed by atoms with Crippen LogP contribution in [0.1, 0.15) is 0 Å². The van der Waals surface area contributed by atoms with Gasteiger partial charge in [0.05, 0.1) is 13.3 Å². The highest BCUT2D eigenvalue weighted by Gasteiger charge is 2.47. The summed E-state index contributed by atoms with van der Waals surface area (Å²) < 4.78 is 5.25. The molecule has 2 fully saturated rings. The molecule has 9 nitrogen and oxygen atoms in total. The molecule has 2 rings (SSSR count). The van der Waals surface area contributed by atoms with E-state index in [1.807, 2.05) is 0 Å². The highest BCUT2D eigenvalue weighted by molar-refractivity contribution is 5.96. The third-order valence-corrected chi connectivity index (χ3v) is 3.06. The van der Waals surface area contributed by atoms with E-state index >= 15 is 0 Å². The second kappa shape index (κ2) is 4.69. The van der Waals surface area contributed by atoms with Gasteiger partial charge >= 0.3 is 6.03 Å². The summed E-state index contributed by atoms with van der Waals surface area (Å²) in [6.45, 7) is -0.396. The molecule has 102 valence electrons. The molecule has 0 saturated carbocycles. The van der Waals surface area contributed by atoms with Gasteiger partial charge in [-0.1, -0.05) is 0 Å². The number of aliphatic hydroxyl groups excluding tert-OH is 3. The van der Waals surface area contributed by atoms with Crippen LogP contribution in [0.3, 0.4) is 0 Å². The number of carbonyl (C=O) groups excluding carboxylic acids is 1. The van der Waals surface area contributed by atoms with Crippen LogP contribution in [0.4, 0.5) is 4.79 Å². The first kappa shape index (κ1) is 13.0. The largest absolute Gasteiger partial charge is 0.394 e. The Morgan fingerprint density at radius 3 is 2.72 bits per heavy atom. The van der Waals surface area contributed by atoms with E-state index in [0.29, 0.717) is 0 Å². The molecule has 9 heteroatoms. The summed E-state index contributed by atoms with van der Waals surface area (Å²) in [5.41, 5.74) is 0. The standard InChI is InChI=1S/C9H16N4O5/c1-12-3-13(9(17)11-8(12)10)7-6(16)5(15)4(2-14)18-7/h4-7,14-16H,2-3H2,1H3,(H2,10,11,17)/t4-,5-,6-,7-/m1/s1. The van der Waals surface area contributed by atoms with Gasteiger partial charge in [0.2, 0.25) is 0 Å². The maximum Gasteiger partial charge on any atom is 0.327 e. The minimum absolute atomic E-state index is 0.0528. The van der Waals surface area contributed by atoms with Gasteiger partial charge in [-0.2, -0.15) is 0 Å². The van der Waals surface area contributed by atoms with Crippen LogP contribution in [0.5, 0.6) is 0 Å². The van der Waals surface area contributed by atoms with Gasteiger partial charge in [-0.15, -0.1) is 0 Å². The first-order valence-corrected chi connectivity index (χ1v) is 5.45. The number of hydrogen-bond acceptors (Lipinski definition) is 6. The number of nitrogens with zero attached hydrogens (tertiary/aromatic N) is 2. The van der Waals surface area contributed by atoms with Crippen LogP contribution in [-0.4, -0.2) is 82.0 Å². The molecule has 2 saturated heterocycles. The van der Waals surface area contributed by atoms with Crippen molar-refractivity contribution in [3.63, 3.8) is 0 Å². The van der Waals surface area contributed by atoms with Gasteiger partial charge in [0.15, 0.2) is 12.2 Å². The third-order valence-electron chi connectivity index (χ3n) is 3.06. The van der Waals surface area contributed by atoms with Crippen LogP contribution in [0.15, 0.2) is 0 Å². The Morgan fingerprint density at radius 1 is 1.50 bits per heavy atom. The Bertz CT molecular complexity index is 365. The zero-order chi connectivity index (χ0) is 13.4. The van der Waals surface area contributed by atoms with E-state index in [-0.39, 0.29) is 12.6 Å². The molecule has 0 bridgehead atoms. The molecule has 0 aromatic heterocycles. The first-order chi connectivity index (χ1) is 8.45. The molecule has 2 heterocycles. The van der Waals surface area contributed by atoms with Crippen molar-refractivity contribution in [1.82, 2.24) is 15.1 Å². The van der Waals surface area contributed by atoms with Gasteiger partial charge < -0.3 is 25.0 Å². The summed E-state index contributed by atoms with van der Waals surface area (Å²) in [4.78, 5) is 14.3. The molecule has 4 atom stereocenters. The number of urea groups is 1. The van der Waals surface area contributed by atoms with Gasteiger partial charge in [0, 0.05) is 7.05 Å². The summed E-state index contributed by atoms with van der Waals surface area (Å²) in [6.07, 6.45) is -4.52. The lowest BCUT2D eigenvalue weighted by atomic mass is 10.1. The van der Waals surface area contributed by atoms with Crippen molar-refractivity contribution >= 4 is 12.0 Å². The lowest BCUT2D eigenvalue weighted by molar-refractivity contribution is -0.0886. The van der Waals surface area contributed by atoms with E-state index in [2.05, 4.69) is 5.32 Å². The maximum atomic E-state index is 11.7. The summed E-state index contributed by atoms with van der Waals surface area (Å²) in [7, 11) is 1.59. The number of nitrogens with one attached hydrogen (secondary N) is 2. The fourth-order valence-electron chi connectivity index (χ4n) is 1.97. The quantitative estimate of drug-likeness (QED) is 0.367. The molecule has 0 spiro atoms. The van der Waals surface area contributed by atoms with Crippen molar-refractivity contribution in [2.45, 2.75) is 24.5 Å². The summed E-state index contributed by atoms with van der Waals surface area (Å²) in [5, 5.41) is 38.1. The van der Waals surface area contributed by atoms with Crippen LogP contribution in [0, 0.1) is 5.41 Å². The minimum atomic E-state index is -1.30. The lowest BCUT2D eigenvalue weighted by Gasteiger charge is -2.38. The molecule has 0 radical (unpaired) electrons. The summed E-state index contributed by atoms with van der Waals surface area (Å²) in [5.74, 6) is -0.0528. The molecular weight excluding hydrogens is 244 g/mol. The topological polar surface area (TPSA) is 129 Å². The molecule has 0 unspecified atom stereocenters. The molecule has 18 heavy (non-hydrogen) atoms. The zero-order valence-corrected chi connectivity index (χ0v) is 9.78. The van der Waals surface area contributed by atoms with Gasteiger partial charge in [-0.05, 0) is 0 Å². The smallest absolute Gasteiger partial charge is 0.327 e. The van der Waals surface area contributed by atoms with Crippen molar-refractivity contribution in [2.75, 3.05) is 20.3 Å². The van der Waals surface area contributed by atoms with Crippen LogP contribution in [0.2, 0.25) is 0 Å². The minimum Gasteiger partial charge on any atom is -0.394 e. The summed E-state index contributed by atoms with van der Waals surface area (Å²) >= 11 is 0. The van der Waals surface area contributed by atoms with Gasteiger partial charge in [-0.3, -0.25) is 15.6 Å². The van der Waals surface area contributed by atoms with Crippen LogP contribution >= 0.6 is 0 Å². The van der Waals surface area contributed by atoms with E-state index in [9.17, 15) is 15.0 Å². The molecule has 0 aromatic rings. The number of amides is 2. The zero-order valence-electron chi connectivity index (χ0n) is 9.78. The number of guanidine groups is 1. The number of rotatable bonds is 2. The highest BCUT2D eigenvalue weighted by Crippen LogP contribution is 2.24. The van der Waals surface area contributed by atoms with E-state index in [0.717, 1.165) is 4.90 Å². The molecule has 2 aliphatic heterocycles. The van der Waals surface area contributed by atoms with E-state index in [4.69, 9.17) is 15.3 Å². The Kier molecular flexibility index (Phi) is 3.39. The second-order valence-electron chi connectivity index (χ2n) is 4.32. The molecular formula is C9H16N4O5. The number of aliphatic hydroxyl groups is 3. The van der Waals surface area contributed by atoms with Crippen LogP contribution in [0.25, 0.3) is 0 Å². The van der Waals surface area contributed by atoms with Crippen molar-refractivity contribution in [3.8, 4) is 0 Å². The average molecular weight is 260 g/mol. The van der Waals surface area contributed by atoms with E-state index in [1.165, 1.54) is 4.90 Å². The van der Waals surface area contributed by atoms with E-state index < -0.39 is 37.2 Å². The van der Waals surface area contributed by atoms with Gasteiger partial charge in [0.1, 0.15) is 18.3 Å². The molecule has 2 aliphatic rings. The van der Waals surface area contributed by atoms with Crippen LogP contribution < -0.4 is 5.32 Å². The Balaban J connectivity index is 2.12. The number of hydrogen-bond donors (Lipinski definition) is 5. The Hall–Kier alpha value is -1.42. The third kappa shape index (κ3) is 2.01. The highest BCUT2D eigenvalue weighted by atomic mass is 16.6. The SMILES string of the molecule is CN1CN([C@@H]2O[C@H](CO)[C@@H](O)[C@H]2O)C(=O)NC1=N. The molecule has 0 aromatic carbocycles. The molecule has 0 aliphatic carbocycles. The maximum absolute atomic E-state index is 11.7. The summed E-state index contributed by atoms with van der Waals surface area (Å²) in [6, 6.07) is -0.590. The lowest BCUT2D eigenvalue weighted by Crippen LogP contribution is -2.62. The van der Waals surface area contributed by atoms with Crippen LogP contribution in [-0.2, 0) is 4.74 Å². The van der Waals surface area contributed by atoms with Crippen molar-refractivity contribution in [3.05, 3.63) is 0 Å². The van der Waals surface area contributed by atoms with Crippen molar-refractivity contribution in [1.29, 1.82) is 5.41 Å². The fraction of sp³-hybridized carbons (Fsp3) is 0.778. The Labute approximate surface area is 103 Å². The van der Waals surface area contributed by atoms with Crippen molar-refractivity contribution < 1.29 is 24.9 Å². The predicted molar refractivity (Wildman–Crippen MR) is 58.5 cm³/mol. The molecule has 5 N–H and O–H groups in total. The van der Waals surface area contributed by atoms with Gasteiger partial charge in [0.25, 0.3) is 0 Å². The second-order valence-corrected chi connectivity index (χ2v) is 4.32. The van der Waals surface area contributed by atoms with Gasteiger partial charge in [-0.25, -0.2) is 4.79 Å². The van der Waals surface area contributed by atoms with Crippen molar-refractivity contribution in [2.24, 2.45) is 0 Å². The monoisotopic (exact) mass is 260 g/mol. The normalized spacial score (nSPS) is 37.1. The Morgan fingerprint density at radius 2 is 2.17 bits per heavy atom. The predicted octanol–water partition coefficient (Wildman–Crippen LogP) is -2.73. The number of ether oxygens (including phenoxy) is 1. The average Bonchev–Trinajstić information content (AvgIpc) is 2.61. The fourth-order valence-corrected chi connectivity index (χ4v) is 1.97. The molecule has 2 amide bonds. The number of carbonyl (C=O) groups is 1.